The topological polar surface area (TPSA) is 120 Å². The molecule has 0 unspecified atom stereocenters. The van der Waals surface area contributed by atoms with Gasteiger partial charge >= 0.3 is 0 Å². The number of nitrogens with two attached hydrogens (primary N) is 1. The van der Waals surface area contributed by atoms with E-state index in [4.69, 9.17) is 11.0 Å². The van der Waals surface area contributed by atoms with Gasteiger partial charge in [0, 0.05) is 0 Å². The monoisotopic (exact) mass is 260 g/mol. The molecule has 4 atom stereocenters. The fourth-order valence-electron chi connectivity index (χ4n) is 3.68. The van der Waals surface area contributed by atoms with Crippen molar-refractivity contribution in [2.75, 3.05) is 0 Å². The van der Waals surface area contributed by atoms with Gasteiger partial charge < -0.3 is 11.1 Å². The first kappa shape index (κ1) is 13.4. The number of nitriles is 2. The van der Waals surface area contributed by atoms with Crippen molar-refractivity contribution >= 4 is 11.8 Å². The molecule has 2 bridgehead atoms. The van der Waals surface area contributed by atoms with Crippen molar-refractivity contribution in [1.29, 1.82) is 10.5 Å². The maximum atomic E-state index is 12.1. The van der Waals surface area contributed by atoms with Crippen LogP contribution >= 0.6 is 0 Å². The van der Waals surface area contributed by atoms with Crippen LogP contribution in [0.15, 0.2) is 0 Å². The second-order valence-corrected chi connectivity index (χ2v) is 5.86. The van der Waals surface area contributed by atoms with Crippen molar-refractivity contribution in [2.45, 2.75) is 38.1 Å². The molecule has 1 saturated carbocycles. The second-order valence-electron chi connectivity index (χ2n) is 5.86. The molecule has 6 heteroatoms. The highest BCUT2D eigenvalue weighted by Crippen LogP contribution is 2.51. The van der Waals surface area contributed by atoms with Gasteiger partial charge in [0.15, 0.2) is 0 Å². The van der Waals surface area contributed by atoms with E-state index in [-0.39, 0.29) is 0 Å². The highest BCUT2D eigenvalue weighted by Gasteiger charge is 2.58. The van der Waals surface area contributed by atoms with Crippen LogP contribution in [0.3, 0.4) is 0 Å². The Morgan fingerprint density at radius 3 is 2.74 bits per heavy atom. The first-order chi connectivity index (χ1) is 8.88. The van der Waals surface area contributed by atoms with Gasteiger partial charge in [0.05, 0.1) is 17.7 Å². The smallest absolute Gasteiger partial charge is 0.238 e. The van der Waals surface area contributed by atoms with E-state index in [1.54, 1.807) is 0 Å². The Hall–Kier alpha value is -2.08. The third kappa shape index (κ3) is 1.84. The van der Waals surface area contributed by atoms with Crippen molar-refractivity contribution < 1.29 is 9.59 Å². The standard InChI is InChI=1S/C13H16N4O2/c1-12-3-2-4-13(7-12,8(5-14)10(16)18)17-11(19)9(12)6-15/h8-9H,2-4,7H2,1H3,(H2,16,18)(H,17,19)/t8-,9-,12-,13-/m0/s1. The first-order valence-corrected chi connectivity index (χ1v) is 6.29. The van der Waals surface area contributed by atoms with E-state index in [0.29, 0.717) is 12.8 Å². The van der Waals surface area contributed by atoms with Gasteiger partial charge in [-0.05, 0) is 24.7 Å². The Balaban J connectivity index is 2.45. The van der Waals surface area contributed by atoms with Crippen LogP contribution in [-0.2, 0) is 9.59 Å². The summed E-state index contributed by atoms with van der Waals surface area (Å²) in [6.45, 7) is 1.88. The summed E-state index contributed by atoms with van der Waals surface area (Å²) in [5, 5.41) is 21.1. The van der Waals surface area contributed by atoms with Crippen molar-refractivity contribution in [3.63, 3.8) is 0 Å². The molecule has 1 saturated heterocycles. The number of carbonyl (C=O) groups excluding carboxylic acids is 2. The Kier molecular flexibility index (Phi) is 2.98. The summed E-state index contributed by atoms with van der Waals surface area (Å²) >= 11 is 0. The number of amides is 2. The SMILES string of the molecule is C[C@]12CCC[C@@]([C@@H](C#N)C(N)=O)(C1)NC(=O)[C@@H]2C#N. The van der Waals surface area contributed by atoms with Crippen molar-refractivity contribution in [3.8, 4) is 12.1 Å². The molecule has 0 aromatic heterocycles. The predicted octanol–water partition coefficient (Wildman–Crippen LogP) is 0.200. The molecule has 2 rings (SSSR count). The molecule has 0 spiro atoms. The lowest BCUT2D eigenvalue weighted by atomic mass is 9.55. The van der Waals surface area contributed by atoms with Crippen LogP contribution in [0.1, 0.15) is 32.6 Å². The molecule has 6 nitrogen and oxygen atoms in total. The highest BCUT2D eigenvalue weighted by molar-refractivity contribution is 5.87. The number of rotatable bonds is 2. The van der Waals surface area contributed by atoms with Gasteiger partial charge in [-0.2, -0.15) is 10.5 Å². The summed E-state index contributed by atoms with van der Waals surface area (Å²) in [6.07, 6.45) is 2.51. The van der Waals surface area contributed by atoms with Crippen molar-refractivity contribution in [1.82, 2.24) is 5.32 Å². The molecule has 100 valence electrons. The molecule has 2 fully saturated rings. The molecule has 19 heavy (non-hydrogen) atoms. The predicted molar refractivity (Wildman–Crippen MR) is 64.8 cm³/mol. The van der Waals surface area contributed by atoms with E-state index in [1.165, 1.54) is 0 Å². The number of primary amides is 1. The zero-order valence-corrected chi connectivity index (χ0v) is 10.8. The third-order valence-corrected chi connectivity index (χ3v) is 4.52. The maximum Gasteiger partial charge on any atom is 0.238 e. The molecule has 3 N–H and O–H groups in total. The van der Waals surface area contributed by atoms with Crippen molar-refractivity contribution in [2.24, 2.45) is 23.0 Å². The molecule has 1 aliphatic carbocycles. The van der Waals surface area contributed by atoms with Crippen molar-refractivity contribution in [3.05, 3.63) is 0 Å². The van der Waals surface area contributed by atoms with Gasteiger partial charge in [-0.3, -0.25) is 9.59 Å². The fourth-order valence-corrected chi connectivity index (χ4v) is 3.68. The van der Waals surface area contributed by atoms with E-state index >= 15 is 0 Å². The molecule has 2 aliphatic rings. The van der Waals surface area contributed by atoms with Crippen LogP contribution in [0.2, 0.25) is 0 Å². The number of fused-ring (bicyclic) bond motifs is 2. The zero-order chi connectivity index (χ0) is 14.3. The minimum absolute atomic E-state index is 0.391. The molecule has 1 heterocycles. The van der Waals surface area contributed by atoms with Crippen LogP contribution in [0.5, 0.6) is 0 Å². The van der Waals surface area contributed by atoms with Gasteiger partial charge in [-0.15, -0.1) is 0 Å². The Morgan fingerprint density at radius 2 is 2.21 bits per heavy atom. The number of piperidine rings is 1. The van der Waals surface area contributed by atoms with E-state index in [0.717, 1.165) is 12.8 Å². The Morgan fingerprint density at radius 1 is 1.53 bits per heavy atom. The van der Waals surface area contributed by atoms with E-state index in [9.17, 15) is 14.9 Å². The zero-order valence-electron chi connectivity index (χ0n) is 10.8. The van der Waals surface area contributed by atoms with Gasteiger partial charge in [0.25, 0.3) is 0 Å². The lowest BCUT2D eigenvalue weighted by Gasteiger charge is -2.53. The number of hydrogen-bond acceptors (Lipinski definition) is 4. The highest BCUT2D eigenvalue weighted by atomic mass is 16.2. The summed E-state index contributed by atoms with van der Waals surface area (Å²) in [6, 6.07) is 3.96. The van der Waals surface area contributed by atoms with Gasteiger partial charge in [-0.1, -0.05) is 13.3 Å². The molecule has 1 aliphatic heterocycles. The Bertz CT molecular complexity index is 518. The summed E-state index contributed by atoms with van der Waals surface area (Å²) in [5.74, 6) is -2.89. The van der Waals surface area contributed by atoms with Crippen LogP contribution < -0.4 is 11.1 Å². The van der Waals surface area contributed by atoms with E-state index < -0.39 is 34.6 Å². The molecular weight excluding hydrogens is 244 g/mol. The lowest BCUT2D eigenvalue weighted by Crippen LogP contribution is -2.67. The number of carbonyl (C=O) groups is 2. The normalized spacial score (nSPS) is 38.5. The van der Waals surface area contributed by atoms with Crippen LogP contribution in [-0.4, -0.2) is 17.4 Å². The third-order valence-electron chi connectivity index (χ3n) is 4.52. The first-order valence-electron chi connectivity index (χ1n) is 6.29. The maximum absolute atomic E-state index is 12.1. The second kappa shape index (κ2) is 4.24. The molecule has 0 aromatic carbocycles. The summed E-state index contributed by atoms with van der Waals surface area (Å²) in [7, 11) is 0. The number of hydrogen-bond donors (Lipinski definition) is 2. The van der Waals surface area contributed by atoms with E-state index in [2.05, 4.69) is 5.32 Å². The summed E-state index contributed by atoms with van der Waals surface area (Å²) in [4.78, 5) is 23.6. The lowest BCUT2D eigenvalue weighted by molar-refractivity contribution is -0.141. The number of nitrogens with zero attached hydrogens (tertiary/aromatic N) is 2. The summed E-state index contributed by atoms with van der Waals surface area (Å²) in [5.41, 5.74) is 3.90. The molecule has 2 amide bonds. The van der Waals surface area contributed by atoms with Crippen LogP contribution in [0.25, 0.3) is 0 Å². The van der Waals surface area contributed by atoms with Gasteiger partial charge in [0.1, 0.15) is 11.8 Å². The number of nitrogens with one attached hydrogen (secondary N) is 1. The van der Waals surface area contributed by atoms with Crippen LogP contribution in [0.4, 0.5) is 0 Å². The quantitative estimate of drug-likeness (QED) is 0.736. The minimum Gasteiger partial charge on any atom is -0.368 e. The van der Waals surface area contributed by atoms with Crippen LogP contribution in [0, 0.1) is 39.9 Å². The van der Waals surface area contributed by atoms with Gasteiger partial charge in [0.2, 0.25) is 11.8 Å². The van der Waals surface area contributed by atoms with E-state index in [1.807, 2.05) is 19.1 Å². The fraction of sp³-hybridized carbons (Fsp3) is 0.692. The van der Waals surface area contributed by atoms with Gasteiger partial charge in [-0.25, -0.2) is 0 Å². The largest absolute Gasteiger partial charge is 0.368 e. The average molecular weight is 260 g/mol. The Labute approximate surface area is 111 Å². The molecule has 0 radical (unpaired) electrons. The molecular formula is C13H16N4O2. The average Bonchev–Trinajstić information content (AvgIpc) is 2.27. The minimum atomic E-state index is -1.05. The summed E-state index contributed by atoms with van der Waals surface area (Å²) < 4.78 is 0. The molecule has 0 aromatic rings.